The lowest BCUT2D eigenvalue weighted by Gasteiger charge is -2.07. The van der Waals surface area contributed by atoms with E-state index in [1.54, 1.807) is 43.5 Å². The molecule has 0 radical (unpaired) electrons. The molecule has 0 bridgehead atoms. The van der Waals surface area contributed by atoms with Crippen LogP contribution in [-0.4, -0.2) is 45.6 Å². The van der Waals surface area contributed by atoms with Gasteiger partial charge in [0.15, 0.2) is 11.5 Å². The molecule has 1 aliphatic heterocycles. The number of hydrogen-bond acceptors (Lipinski definition) is 7. The fourth-order valence-electron chi connectivity index (χ4n) is 2.45. The lowest BCUT2D eigenvalue weighted by Crippen LogP contribution is -2.34. The van der Waals surface area contributed by atoms with Crippen molar-refractivity contribution in [2.24, 2.45) is 5.10 Å². The molecule has 1 aliphatic rings. The monoisotopic (exact) mass is 385 g/mol. The molecule has 0 unspecified atom stereocenters. The number of hydrazone groups is 1. The number of ether oxygens (including phenoxy) is 4. The van der Waals surface area contributed by atoms with Gasteiger partial charge in [0.05, 0.1) is 27.0 Å². The number of hydrogen-bond donors (Lipinski definition) is 2. The molecule has 0 aromatic heterocycles. The summed E-state index contributed by atoms with van der Waals surface area (Å²) in [6, 6.07) is 9.99. The normalized spacial score (nSPS) is 11.9. The van der Waals surface area contributed by atoms with Crippen LogP contribution in [0.15, 0.2) is 41.5 Å². The molecular formula is C19H19N3O6. The summed E-state index contributed by atoms with van der Waals surface area (Å²) >= 11 is 0. The molecule has 0 atom stereocenters. The first-order valence-corrected chi connectivity index (χ1v) is 8.32. The maximum absolute atomic E-state index is 12.1. The molecule has 9 heteroatoms. The minimum atomic E-state index is -0.479. The van der Waals surface area contributed by atoms with Gasteiger partial charge >= 0.3 is 0 Å². The fraction of sp³-hybridized carbons (Fsp3) is 0.211. The summed E-state index contributed by atoms with van der Waals surface area (Å²) in [5.41, 5.74) is 3.34. The Balaban J connectivity index is 1.52. The molecule has 3 rings (SSSR count). The van der Waals surface area contributed by atoms with Crippen molar-refractivity contribution in [1.82, 2.24) is 10.7 Å². The minimum Gasteiger partial charge on any atom is -0.497 e. The maximum Gasteiger partial charge on any atom is 0.259 e. The number of methoxy groups -OCH3 is 2. The number of amides is 2. The topological polar surface area (TPSA) is 107 Å². The first-order valence-electron chi connectivity index (χ1n) is 8.32. The zero-order chi connectivity index (χ0) is 19.9. The number of nitrogens with zero attached hydrogens (tertiary/aromatic N) is 1. The molecule has 2 aromatic rings. The highest BCUT2D eigenvalue weighted by Gasteiger charge is 2.16. The zero-order valence-electron chi connectivity index (χ0n) is 15.4. The zero-order valence-corrected chi connectivity index (χ0v) is 15.4. The second-order valence-corrected chi connectivity index (χ2v) is 5.65. The number of nitrogens with one attached hydrogen (secondary N) is 2. The first-order chi connectivity index (χ1) is 13.6. The highest BCUT2D eigenvalue weighted by molar-refractivity contribution is 5.97. The summed E-state index contributed by atoms with van der Waals surface area (Å²) in [7, 11) is 3.08. The predicted molar refractivity (Wildman–Crippen MR) is 100 cm³/mol. The third-order valence-electron chi connectivity index (χ3n) is 3.87. The van der Waals surface area contributed by atoms with E-state index in [2.05, 4.69) is 15.8 Å². The van der Waals surface area contributed by atoms with E-state index < -0.39 is 11.8 Å². The predicted octanol–water partition coefficient (Wildman–Crippen LogP) is 1.31. The molecule has 2 N–H and O–H groups in total. The number of benzene rings is 2. The van der Waals surface area contributed by atoms with Crippen LogP contribution in [0.5, 0.6) is 23.0 Å². The van der Waals surface area contributed by atoms with Crippen molar-refractivity contribution in [3.63, 3.8) is 0 Å². The van der Waals surface area contributed by atoms with Crippen LogP contribution < -0.4 is 29.7 Å². The number of carbonyl (C=O) groups is 2. The summed E-state index contributed by atoms with van der Waals surface area (Å²) in [5, 5.41) is 6.39. The quantitative estimate of drug-likeness (QED) is 0.550. The van der Waals surface area contributed by atoms with Crippen molar-refractivity contribution in [2.75, 3.05) is 27.6 Å². The fourth-order valence-corrected chi connectivity index (χ4v) is 2.45. The number of rotatable bonds is 7. The third kappa shape index (κ3) is 4.50. The Labute approximate surface area is 161 Å². The van der Waals surface area contributed by atoms with E-state index >= 15 is 0 Å². The van der Waals surface area contributed by atoms with Gasteiger partial charge in [-0.2, -0.15) is 5.10 Å². The standard InChI is InChI=1S/C19H19N3O6/c1-25-14-4-6-15(26-2)13(7-14)9-21-22-18(23)10-20-19(24)12-3-5-16-17(8-12)28-11-27-16/h3-9H,10-11H2,1-2H3,(H,20,24)(H,22,23). The minimum absolute atomic E-state index is 0.124. The van der Waals surface area contributed by atoms with Gasteiger partial charge in [0.25, 0.3) is 11.8 Å². The third-order valence-corrected chi connectivity index (χ3v) is 3.87. The van der Waals surface area contributed by atoms with Crippen molar-refractivity contribution in [2.45, 2.75) is 0 Å². The van der Waals surface area contributed by atoms with Gasteiger partial charge in [-0.25, -0.2) is 5.43 Å². The van der Waals surface area contributed by atoms with Crippen LogP contribution in [0.4, 0.5) is 0 Å². The van der Waals surface area contributed by atoms with Crippen LogP contribution >= 0.6 is 0 Å². The molecule has 0 saturated heterocycles. The molecule has 28 heavy (non-hydrogen) atoms. The second-order valence-electron chi connectivity index (χ2n) is 5.65. The molecule has 146 valence electrons. The summed E-state index contributed by atoms with van der Waals surface area (Å²) < 4.78 is 20.8. The van der Waals surface area contributed by atoms with E-state index in [-0.39, 0.29) is 13.3 Å². The van der Waals surface area contributed by atoms with Crippen molar-refractivity contribution in [3.8, 4) is 23.0 Å². The Kier molecular flexibility index (Phi) is 5.95. The van der Waals surface area contributed by atoms with Crippen molar-refractivity contribution >= 4 is 18.0 Å². The van der Waals surface area contributed by atoms with Gasteiger partial charge in [-0.05, 0) is 36.4 Å². The van der Waals surface area contributed by atoms with Crippen LogP contribution in [0, 0.1) is 0 Å². The Morgan fingerprint density at radius 3 is 2.71 bits per heavy atom. The van der Waals surface area contributed by atoms with E-state index in [0.717, 1.165) is 0 Å². The molecule has 0 aliphatic carbocycles. The summed E-state index contributed by atoms with van der Waals surface area (Å²) in [6.07, 6.45) is 1.43. The van der Waals surface area contributed by atoms with Crippen molar-refractivity contribution in [1.29, 1.82) is 0 Å². The molecule has 1 heterocycles. The average molecular weight is 385 g/mol. The van der Waals surface area contributed by atoms with Gasteiger partial charge in [0.1, 0.15) is 11.5 Å². The van der Waals surface area contributed by atoms with Crippen LogP contribution in [0.2, 0.25) is 0 Å². The van der Waals surface area contributed by atoms with Gasteiger partial charge in [-0.1, -0.05) is 0 Å². The highest BCUT2D eigenvalue weighted by Crippen LogP contribution is 2.32. The summed E-state index contributed by atoms with van der Waals surface area (Å²) in [6.45, 7) is -0.112. The van der Waals surface area contributed by atoms with E-state index in [4.69, 9.17) is 18.9 Å². The van der Waals surface area contributed by atoms with Gasteiger partial charge < -0.3 is 24.3 Å². The molecule has 0 fully saturated rings. The average Bonchev–Trinajstić information content (AvgIpc) is 3.19. The Morgan fingerprint density at radius 1 is 1.11 bits per heavy atom. The Morgan fingerprint density at radius 2 is 1.93 bits per heavy atom. The van der Waals surface area contributed by atoms with Gasteiger partial charge in [0.2, 0.25) is 6.79 Å². The molecular weight excluding hydrogens is 366 g/mol. The molecule has 2 aromatic carbocycles. The van der Waals surface area contributed by atoms with Crippen LogP contribution in [0.25, 0.3) is 0 Å². The van der Waals surface area contributed by atoms with Crippen LogP contribution in [0.3, 0.4) is 0 Å². The van der Waals surface area contributed by atoms with E-state index in [1.165, 1.54) is 13.3 Å². The lowest BCUT2D eigenvalue weighted by molar-refractivity contribution is -0.120. The Hall–Kier alpha value is -3.75. The highest BCUT2D eigenvalue weighted by atomic mass is 16.7. The van der Waals surface area contributed by atoms with E-state index in [0.29, 0.717) is 34.1 Å². The molecule has 0 saturated carbocycles. The maximum atomic E-state index is 12.1. The number of carbonyl (C=O) groups excluding carboxylic acids is 2. The lowest BCUT2D eigenvalue weighted by atomic mass is 10.2. The Bertz CT molecular complexity index is 913. The van der Waals surface area contributed by atoms with Crippen molar-refractivity contribution < 1.29 is 28.5 Å². The van der Waals surface area contributed by atoms with Gasteiger partial charge in [0, 0.05) is 11.1 Å². The smallest absolute Gasteiger partial charge is 0.259 e. The van der Waals surface area contributed by atoms with Crippen molar-refractivity contribution in [3.05, 3.63) is 47.5 Å². The SMILES string of the molecule is COc1ccc(OC)c(C=NNC(=O)CNC(=O)c2ccc3c(c2)OCO3)c1. The molecule has 2 amide bonds. The van der Waals surface area contributed by atoms with E-state index in [9.17, 15) is 9.59 Å². The largest absolute Gasteiger partial charge is 0.497 e. The van der Waals surface area contributed by atoms with E-state index in [1.807, 2.05) is 0 Å². The van der Waals surface area contributed by atoms with Gasteiger partial charge in [-0.15, -0.1) is 0 Å². The van der Waals surface area contributed by atoms with Crippen LogP contribution in [-0.2, 0) is 4.79 Å². The first kappa shape index (κ1) is 19.0. The second kappa shape index (κ2) is 8.76. The van der Waals surface area contributed by atoms with Gasteiger partial charge in [-0.3, -0.25) is 9.59 Å². The molecule has 0 spiro atoms. The number of fused-ring (bicyclic) bond motifs is 1. The van der Waals surface area contributed by atoms with Crippen LogP contribution in [0.1, 0.15) is 15.9 Å². The molecule has 9 nitrogen and oxygen atoms in total. The summed E-state index contributed by atoms with van der Waals surface area (Å²) in [5.74, 6) is 1.39. The summed E-state index contributed by atoms with van der Waals surface area (Å²) in [4.78, 5) is 24.0.